The maximum absolute atomic E-state index is 13.4. The Labute approximate surface area is 188 Å². The number of hydroxylamine groups is 2. The summed E-state index contributed by atoms with van der Waals surface area (Å²) < 4.78 is 52.9. The van der Waals surface area contributed by atoms with Gasteiger partial charge in [0.15, 0.2) is 0 Å². The molecule has 3 aromatic carbocycles. The number of aliphatic imine (C=N–C) groups is 1. The fourth-order valence-electron chi connectivity index (χ4n) is 4.00. The summed E-state index contributed by atoms with van der Waals surface area (Å²) in [7, 11) is 0. The molecule has 0 aliphatic carbocycles. The highest BCUT2D eigenvalue weighted by molar-refractivity contribution is 5.88. The van der Waals surface area contributed by atoms with Crippen molar-refractivity contribution in [1.29, 1.82) is 0 Å². The highest BCUT2D eigenvalue weighted by Crippen LogP contribution is 2.48. The van der Waals surface area contributed by atoms with E-state index < -0.39 is 29.5 Å². The molecule has 2 atom stereocenters. The lowest BCUT2D eigenvalue weighted by Gasteiger charge is -2.34. The smallest absolute Gasteiger partial charge is 0.330 e. The Hall–Kier alpha value is -3.68. The molecule has 0 fully saturated rings. The van der Waals surface area contributed by atoms with Gasteiger partial charge in [-0.15, -0.1) is 0 Å². The predicted molar refractivity (Wildman–Crippen MR) is 115 cm³/mol. The summed E-state index contributed by atoms with van der Waals surface area (Å²) in [6, 6.07) is 22.5. The fraction of sp³-hybridized carbons (Fsp3) is 0.200. The molecular formula is C25H20F4N2O2. The zero-order valence-corrected chi connectivity index (χ0v) is 17.6. The van der Waals surface area contributed by atoms with Gasteiger partial charge in [-0.05, 0) is 35.7 Å². The van der Waals surface area contributed by atoms with Crippen LogP contribution in [0, 0.1) is 5.82 Å². The van der Waals surface area contributed by atoms with E-state index in [1.54, 1.807) is 37.3 Å². The van der Waals surface area contributed by atoms with Crippen LogP contribution in [-0.2, 0) is 21.6 Å². The number of benzene rings is 3. The Morgan fingerprint density at radius 3 is 2.12 bits per heavy atom. The standard InChI is InChI=1S/C25H20F4N2O2/c1-24(19-10-6-3-7-11-19)22(18-8-4-2-5-9-18)31(33-23(32)25(27,28)29)21(30-24)16-17-12-14-20(26)15-13-17/h2-15,22H,16H2,1H3. The van der Waals surface area contributed by atoms with Crippen molar-refractivity contribution in [2.24, 2.45) is 4.99 Å². The van der Waals surface area contributed by atoms with Gasteiger partial charge in [0.05, 0.1) is 0 Å². The third kappa shape index (κ3) is 4.60. The Morgan fingerprint density at radius 2 is 1.55 bits per heavy atom. The fourth-order valence-corrected chi connectivity index (χ4v) is 4.00. The summed E-state index contributed by atoms with van der Waals surface area (Å²) in [6.45, 7) is 1.78. The molecule has 0 amide bonds. The number of hydrogen-bond donors (Lipinski definition) is 0. The lowest BCUT2D eigenvalue weighted by atomic mass is 9.82. The highest BCUT2D eigenvalue weighted by atomic mass is 19.4. The molecule has 170 valence electrons. The van der Waals surface area contributed by atoms with Crippen LogP contribution in [0.1, 0.15) is 29.7 Å². The van der Waals surface area contributed by atoms with Crippen molar-refractivity contribution in [3.63, 3.8) is 0 Å². The normalized spacial score (nSPS) is 20.5. The average Bonchev–Trinajstić information content (AvgIpc) is 3.08. The van der Waals surface area contributed by atoms with Crippen molar-refractivity contribution in [2.45, 2.75) is 31.1 Å². The van der Waals surface area contributed by atoms with E-state index >= 15 is 0 Å². The van der Waals surface area contributed by atoms with Crippen LogP contribution >= 0.6 is 0 Å². The number of nitrogens with zero attached hydrogens (tertiary/aromatic N) is 2. The van der Waals surface area contributed by atoms with E-state index in [1.807, 2.05) is 30.3 Å². The van der Waals surface area contributed by atoms with Crippen molar-refractivity contribution in [3.05, 3.63) is 107 Å². The van der Waals surface area contributed by atoms with Crippen LogP contribution in [0.15, 0.2) is 89.9 Å². The molecule has 0 radical (unpaired) electrons. The molecule has 0 N–H and O–H groups in total. The molecular weight excluding hydrogens is 436 g/mol. The van der Waals surface area contributed by atoms with Crippen molar-refractivity contribution < 1.29 is 27.2 Å². The van der Waals surface area contributed by atoms with Gasteiger partial charge in [0.1, 0.15) is 23.2 Å². The van der Waals surface area contributed by atoms with Crippen molar-refractivity contribution in [3.8, 4) is 0 Å². The van der Waals surface area contributed by atoms with Crippen molar-refractivity contribution in [1.82, 2.24) is 5.06 Å². The number of alkyl halides is 3. The summed E-state index contributed by atoms with van der Waals surface area (Å²) in [5, 5.41) is 0.946. The summed E-state index contributed by atoms with van der Waals surface area (Å²) in [5.41, 5.74) is 0.897. The first-order valence-corrected chi connectivity index (χ1v) is 10.2. The van der Waals surface area contributed by atoms with Crippen LogP contribution in [0.4, 0.5) is 17.6 Å². The summed E-state index contributed by atoms with van der Waals surface area (Å²) >= 11 is 0. The predicted octanol–water partition coefficient (Wildman–Crippen LogP) is 5.76. The van der Waals surface area contributed by atoms with E-state index in [4.69, 9.17) is 9.83 Å². The maximum atomic E-state index is 13.4. The third-order valence-electron chi connectivity index (χ3n) is 5.54. The summed E-state index contributed by atoms with van der Waals surface area (Å²) in [6.07, 6.45) is -5.15. The number of carbonyl (C=O) groups is 1. The van der Waals surface area contributed by atoms with E-state index in [0.29, 0.717) is 11.1 Å². The van der Waals surface area contributed by atoms with Gasteiger partial charge in [-0.25, -0.2) is 9.18 Å². The quantitative estimate of drug-likeness (QED) is 0.459. The second-order valence-corrected chi connectivity index (χ2v) is 7.86. The van der Waals surface area contributed by atoms with Crippen LogP contribution in [0.3, 0.4) is 0 Å². The van der Waals surface area contributed by atoms with E-state index in [1.165, 1.54) is 24.3 Å². The molecule has 0 saturated carbocycles. The van der Waals surface area contributed by atoms with Gasteiger partial charge in [0.2, 0.25) is 0 Å². The third-order valence-corrected chi connectivity index (χ3v) is 5.54. The molecule has 1 aliphatic rings. The Bertz CT molecular complexity index is 1150. The molecule has 4 rings (SSSR count). The molecule has 2 unspecified atom stereocenters. The monoisotopic (exact) mass is 456 g/mol. The van der Waals surface area contributed by atoms with Crippen molar-refractivity contribution >= 4 is 11.8 Å². The maximum Gasteiger partial charge on any atom is 0.493 e. The lowest BCUT2D eigenvalue weighted by molar-refractivity contribution is -0.231. The Morgan fingerprint density at radius 1 is 0.970 bits per heavy atom. The average molecular weight is 456 g/mol. The summed E-state index contributed by atoms with van der Waals surface area (Å²) in [4.78, 5) is 21.6. The van der Waals surface area contributed by atoms with Crippen LogP contribution in [0.5, 0.6) is 0 Å². The molecule has 0 saturated heterocycles. The van der Waals surface area contributed by atoms with Gasteiger partial charge in [-0.3, -0.25) is 4.99 Å². The molecule has 0 aromatic heterocycles. The van der Waals surface area contributed by atoms with E-state index in [2.05, 4.69) is 0 Å². The van der Waals surface area contributed by atoms with Gasteiger partial charge in [-0.1, -0.05) is 72.8 Å². The molecule has 0 bridgehead atoms. The SMILES string of the molecule is CC1(c2ccccc2)N=C(Cc2ccc(F)cc2)N(OC(=O)C(F)(F)F)C1c1ccccc1. The van der Waals surface area contributed by atoms with Crippen molar-refractivity contribution in [2.75, 3.05) is 0 Å². The zero-order chi connectivity index (χ0) is 23.6. The Balaban J connectivity index is 1.84. The molecule has 8 heteroatoms. The second kappa shape index (κ2) is 8.69. The number of carbonyl (C=O) groups excluding carboxylic acids is 1. The van der Waals surface area contributed by atoms with E-state index in [-0.39, 0.29) is 12.3 Å². The Kier molecular flexibility index (Phi) is 5.93. The second-order valence-electron chi connectivity index (χ2n) is 7.86. The first kappa shape index (κ1) is 22.5. The van der Waals surface area contributed by atoms with Gasteiger partial charge in [0, 0.05) is 6.42 Å². The topological polar surface area (TPSA) is 41.9 Å². The number of halogens is 4. The summed E-state index contributed by atoms with van der Waals surface area (Å²) in [5.74, 6) is -2.66. The highest BCUT2D eigenvalue weighted by Gasteiger charge is 2.52. The number of rotatable bonds is 5. The van der Waals surface area contributed by atoms with E-state index in [0.717, 1.165) is 10.6 Å². The molecule has 1 aliphatic heterocycles. The van der Waals surface area contributed by atoms with E-state index in [9.17, 15) is 22.4 Å². The molecule has 3 aromatic rings. The van der Waals surface area contributed by atoms with Gasteiger partial charge < -0.3 is 4.84 Å². The molecule has 33 heavy (non-hydrogen) atoms. The lowest BCUT2D eigenvalue weighted by Crippen LogP contribution is -2.42. The zero-order valence-electron chi connectivity index (χ0n) is 17.6. The first-order valence-electron chi connectivity index (χ1n) is 10.2. The first-order chi connectivity index (χ1) is 15.7. The van der Waals surface area contributed by atoms with Crippen LogP contribution in [-0.4, -0.2) is 23.0 Å². The van der Waals surface area contributed by atoms with Gasteiger partial charge in [-0.2, -0.15) is 18.2 Å². The minimum Gasteiger partial charge on any atom is -0.330 e. The molecule has 0 spiro atoms. The molecule has 4 nitrogen and oxygen atoms in total. The van der Waals surface area contributed by atoms with Crippen LogP contribution in [0.2, 0.25) is 0 Å². The number of hydrogen-bond acceptors (Lipinski definition) is 4. The number of amidine groups is 1. The van der Waals surface area contributed by atoms with Gasteiger partial charge in [0.25, 0.3) is 0 Å². The van der Waals surface area contributed by atoms with Crippen LogP contribution in [0.25, 0.3) is 0 Å². The minimum atomic E-state index is -5.19. The van der Waals surface area contributed by atoms with Gasteiger partial charge >= 0.3 is 12.1 Å². The largest absolute Gasteiger partial charge is 0.493 e. The minimum absolute atomic E-state index is 0.0389. The van der Waals surface area contributed by atoms with Crippen LogP contribution < -0.4 is 0 Å². The molecule has 1 heterocycles.